The predicted octanol–water partition coefficient (Wildman–Crippen LogP) is 2.22. The quantitative estimate of drug-likeness (QED) is 0.561. The van der Waals surface area contributed by atoms with E-state index in [1.807, 2.05) is 30.3 Å². The third kappa shape index (κ3) is 6.54. The highest BCUT2D eigenvalue weighted by atomic mass is 16.5. The molecule has 1 N–H and O–H groups in total. The van der Waals surface area contributed by atoms with E-state index in [4.69, 9.17) is 9.47 Å². The van der Waals surface area contributed by atoms with Crippen LogP contribution in [-0.4, -0.2) is 30.6 Å². The molecule has 0 radical (unpaired) electrons. The van der Waals surface area contributed by atoms with Crippen molar-refractivity contribution in [3.05, 3.63) is 48.6 Å². The minimum absolute atomic E-state index is 0.0444. The van der Waals surface area contributed by atoms with E-state index in [-0.39, 0.29) is 19.1 Å². The SMILES string of the molecule is C=CC[C@@](COCc1ccccc1)(COC(C)=O)NC(C)=O. The minimum atomic E-state index is -0.798. The van der Waals surface area contributed by atoms with Crippen LogP contribution in [0.15, 0.2) is 43.0 Å². The first kappa shape index (κ1) is 17.9. The maximum Gasteiger partial charge on any atom is 0.302 e. The van der Waals surface area contributed by atoms with E-state index >= 15 is 0 Å². The van der Waals surface area contributed by atoms with Crippen molar-refractivity contribution in [3.8, 4) is 0 Å². The Hall–Kier alpha value is -2.14. The first-order valence-corrected chi connectivity index (χ1v) is 7.12. The Morgan fingerprint density at radius 3 is 2.45 bits per heavy atom. The van der Waals surface area contributed by atoms with Gasteiger partial charge < -0.3 is 14.8 Å². The fourth-order valence-electron chi connectivity index (χ4n) is 2.11. The van der Waals surface area contributed by atoms with Crippen molar-refractivity contribution in [2.75, 3.05) is 13.2 Å². The van der Waals surface area contributed by atoms with Crippen LogP contribution < -0.4 is 5.32 Å². The molecule has 0 saturated carbocycles. The number of rotatable bonds is 9. The highest BCUT2D eigenvalue weighted by molar-refractivity contribution is 5.74. The zero-order valence-corrected chi connectivity index (χ0v) is 13.1. The Bertz CT molecular complexity index is 501. The van der Waals surface area contributed by atoms with Gasteiger partial charge in [0.2, 0.25) is 5.91 Å². The largest absolute Gasteiger partial charge is 0.463 e. The average molecular weight is 305 g/mol. The van der Waals surface area contributed by atoms with E-state index in [1.54, 1.807) is 6.08 Å². The highest BCUT2D eigenvalue weighted by Gasteiger charge is 2.32. The minimum Gasteiger partial charge on any atom is -0.463 e. The van der Waals surface area contributed by atoms with Crippen molar-refractivity contribution in [2.45, 2.75) is 32.4 Å². The summed E-state index contributed by atoms with van der Waals surface area (Å²) in [4.78, 5) is 22.5. The third-order valence-electron chi connectivity index (χ3n) is 3.02. The lowest BCUT2D eigenvalue weighted by molar-refractivity contribution is -0.145. The monoisotopic (exact) mass is 305 g/mol. The molecule has 1 rings (SSSR count). The maximum absolute atomic E-state index is 11.5. The van der Waals surface area contributed by atoms with Crippen molar-refractivity contribution >= 4 is 11.9 Å². The molecule has 0 bridgehead atoms. The lowest BCUT2D eigenvalue weighted by atomic mass is 9.97. The summed E-state index contributed by atoms with van der Waals surface area (Å²) in [6.45, 7) is 7.13. The Morgan fingerprint density at radius 2 is 1.91 bits per heavy atom. The van der Waals surface area contributed by atoms with Gasteiger partial charge in [-0.15, -0.1) is 6.58 Å². The molecule has 0 aliphatic rings. The van der Waals surface area contributed by atoms with Crippen molar-refractivity contribution in [3.63, 3.8) is 0 Å². The van der Waals surface area contributed by atoms with Gasteiger partial charge in [0.1, 0.15) is 12.1 Å². The molecule has 120 valence electrons. The van der Waals surface area contributed by atoms with Gasteiger partial charge in [0.15, 0.2) is 0 Å². The van der Waals surface area contributed by atoms with Gasteiger partial charge in [-0.2, -0.15) is 0 Å². The molecule has 1 aromatic carbocycles. The molecule has 0 fully saturated rings. The lowest BCUT2D eigenvalue weighted by Gasteiger charge is -2.32. The molecular formula is C17H23NO4. The first-order chi connectivity index (χ1) is 10.5. The van der Waals surface area contributed by atoms with E-state index in [1.165, 1.54) is 13.8 Å². The molecule has 0 aromatic heterocycles. The third-order valence-corrected chi connectivity index (χ3v) is 3.02. The molecule has 5 nitrogen and oxygen atoms in total. The number of amides is 1. The van der Waals surface area contributed by atoms with E-state index in [0.29, 0.717) is 13.0 Å². The number of ether oxygens (including phenoxy) is 2. The predicted molar refractivity (Wildman–Crippen MR) is 84.1 cm³/mol. The number of nitrogens with one attached hydrogen (secondary N) is 1. The van der Waals surface area contributed by atoms with Crippen LogP contribution in [0.1, 0.15) is 25.8 Å². The van der Waals surface area contributed by atoms with Crippen LogP contribution in [0.25, 0.3) is 0 Å². The Morgan fingerprint density at radius 1 is 1.23 bits per heavy atom. The topological polar surface area (TPSA) is 64.6 Å². The number of carbonyl (C=O) groups excluding carboxylic acids is 2. The van der Waals surface area contributed by atoms with Gasteiger partial charge in [-0.25, -0.2) is 0 Å². The van der Waals surface area contributed by atoms with E-state index in [0.717, 1.165) is 5.56 Å². The van der Waals surface area contributed by atoms with Crippen LogP contribution in [0.2, 0.25) is 0 Å². The highest BCUT2D eigenvalue weighted by Crippen LogP contribution is 2.15. The number of hydrogen-bond acceptors (Lipinski definition) is 4. The van der Waals surface area contributed by atoms with Gasteiger partial charge in [0, 0.05) is 13.8 Å². The molecule has 5 heteroatoms. The molecular weight excluding hydrogens is 282 g/mol. The van der Waals surface area contributed by atoms with Gasteiger partial charge >= 0.3 is 5.97 Å². The second-order valence-electron chi connectivity index (χ2n) is 5.21. The van der Waals surface area contributed by atoms with Gasteiger partial charge in [0.25, 0.3) is 0 Å². The molecule has 0 aliphatic heterocycles. The smallest absolute Gasteiger partial charge is 0.302 e. The molecule has 0 aliphatic carbocycles. The average Bonchev–Trinajstić information content (AvgIpc) is 2.46. The van der Waals surface area contributed by atoms with Crippen molar-refractivity contribution in [1.29, 1.82) is 0 Å². The van der Waals surface area contributed by atoms with Gasteiger partial charge in [0.05, 0.1) is 13.2 Å². The molecule has 0 heterocycles. The number of benzene rings is 1. The summed E-state index contributed by atoms with van der Waals surface area (Å²) in [5, 5.41) is 2.82. The summed E-state index contributed by atoms with van der Waals surface area (Å²) in [6, 6.07) is 9.72. The molecule has 22 heavy (non-hydrogen) atoms. The number of hydrogen-bond donors (Lipinski definition) is 1. The van der Waals surface area contributed by atoms with E-state index in [9.17, 15) is 9.59 Å². The first-order valence-electron chi connectivity index (χ1n) is 7.12. The van der Waals surface area contributed by atoms with Gasteiger partial charge in [-0.1, -0.05) is 36.4 Å². The summed E-state index contributed by atoms with van der Waals surface area (Å²) in [7, 11) is 0. The zero-order chi connectivity index (χ0) is 16.4. The normalized spacial score (nSPS) is 13.0. The summed E-state index contributed by atoms with van der Waals surface area (Å²) >= 11 is 0. The maximum atomic E-state index is 11.5. The summed E-state index contributed by atoms with van der Waals surface area (Å²) in [6.07, 6.45) is 2.11. The fraction of sp³-hybridized carbons (Fsp3) is 0.412. The van der Waals surface area contributed by atoms with Crippen molar-refractivity contribution < 1.29 is 19.1 Å². The summed E-state index contributed by atoms with van der Waals surface area (Å²) < 4.78 is 10.8. The van der Waals surface area contributed by atoms with Crippen molar-refractivity contribution in [1.82, 2.24) is 5.32 Å². The zero-order valence-electron chi connectivity index (χ0n) is 13.1. The van der Waals surface area contributed by atoms with Crippen molar-refractivity contribution in [2.24, 2.45) is 0 Å². The molecule has 0 unspecified atom stereocenters. The summed E-state index contributed by atoms with van der Waals surface area (Å²) in [5.74, 6) is -0.612. The number of carbonyl (C=O) groups is 2. The van der Waals surface area contributed by atoms with Gasteiger partial charge in [-0.3, -0.25) is 9.59 Å². The van der Waals surface area contributed by atoms with Crippen LogP contribution in [0.5, 0.6) is 0 Å². The standard InChI is InChI=1S/C17H23NO4/c1-4-10-17(18-14(2)19,13-22-15(3)20)12-21-11-16-8-6-5-7-9-16/h4-9H,1,10-13H2,2-3H3,(H,18,19)/t17-/m1/s1. The molecule has 1 aromatic rings. The Balaban J connectivity index is 2.71. The molecule has 1 amide bonds. The van der Waals surface area contributed by atoms with E-state index in [2.05, 4.69) is 11.9 Å². The summed E-state index contributed by atoms with van der Waals surface area (Å²) in [5.41, 5.74) is 0.235. The molecule has 1 atom stereocenters. The van der Waals surface area contributed by atoms with E-state index < -0.39 is 11.5 Å². The van der Waals surface area contributed by atoms with Crippen LogP contribution in [0.4, 0.5) is 0 Å². The van der Waals surface area contributed by atoms with Crippen LogP contribution in [-0.2, 0) is 25.7 Å². The molecule has 0 spiro atoms. The lowest BCUT2D eigenvalue weighted by Crippen LogP contribution is -2.54. The fourth-order valence-corrected chi connectivity index (χ4v) is 2.11. The molecule has 0 saturated heterocycles. The van der Waals surface area contributed by atoms with Crippen LogP contribution in [0.3, 0.4) is 0 Å². The van der Waals surface area contributed by atoms with Crippen LogP contribution in [0, 0.1) is 0 Å². The Labute approximate surface area is 131 Å². The number of esters is 1. The van der Waals surface area contributed by atoms with Crippen LogP contribution >= 0.6 is 0 Å². The second kappa shape index (κ2) is 9.00. The second-order valence-corrected chi connectivity index (χ2v) is 5.21. The Kier molecular flexibility index (Phi) is 7.32. The van der Waals surface area contributed by atoms with Gasteiger partial charge in [-0.05, 0) is 12.0 Å².